The fourth-order valence-corrected chi connectivity index (χ4v) is 3.94. The molecule has 1 N–H and O–H groups in total. The van der Waals surface area contributed by atoms with E-state index in [2.05, 4.69) is 30.7 Å². The monoisotopic (exact) mass is 495 g/mol. The topological polar surface area (TPSA) is 83.0 Å². The predicted octanol–water partition coefficient (Wildman–Crippen LogP) is 3.61. The summed E-state index contributed by atoms with van der Waals surface area (Å²) >= 11 is 0. The van der Waals surface area contributed by atoms with Crippen LogP contribution in [0.4, 0.5) is 4.39 Å². The van der Waals surface area contributed by atoms with E-state index < -0.39 is 23.9 Å². The number of aliphatic hydroxyl groups is 1. The number of aliphatic hydroxyl groups excluding tert-OH is 1. The van der Waals surface area contributed by atoms with Crippen LogP contribution in [0, 0.1) is 29.5 Å². The van der Waals surface area contributed by atoms with Crippen molar-refractivity contribution in [3.8, 4) is 17.7 Å². The molecule has 2 aromatic rings. The van der Waals surface area contributed by atoms with E-state index in [4.69, 9.17) is 4.74 Å². The van der Waals surface area contributed by atoms with E-state index in [0.29, 0.717) is 18.0 Å². The fraction of sp³-hybridized carbons (Fsp3) is 0.464. The van der Waals surface area contributed by atoms with Crippen molar-refractivity contribution in [3.63, 3.8) is 0 Å². The maximum atomic E-state index is 14.2. The van der Waals surface area contributed by atoms with Gasteiger partial charge in [0.1, 0.15) is 17.5 Å². The zero-order chi connectivity index (χ0) is 26.4. The number of hydrogen-bond acceptors (Lipinski definition) is 5. The number of benzene rings is 1. The number of hydrogen-bond donors (Lipinski definition) is 1. The lowest BCUT2D eigenvalue weighted by molar-refractivity contribution is 0.0312. The van der Waals surface area contributed by atoms with Crippen molar-refractivity contribution in [3.05, 3.63) is 59.0 Å². The molecule has 0 saturated heterocycles. The van der Waals surface area contributed by atoms with Gasteiger partial charge in [-0.05, 0) is 31.0 Å². The molecule has 36 heavy (non-hydrogen) atoms. The van der Waals surface area contributed by atoms with E-state index in [-0.39, 0.29) is 42.0 Å². The van der Waals surface area contributed by atoms with Gasteiger partial charge in [-0.3, -0.25) is 9.59 Å². The number of amides is 2. The Morgan fingerprint density at radius 1 is 1.33 bits per heavy atom. The standard InChI is InChI=1S/C28H34FN3O4/c1-18(2)9-8-10-21-13-23-26(30-14-21)36-25(19(3)15-32(28(23)35)20(4)17-33)16-31(5)27(34)22-11-6-7-12-24(22)29/h6-7,11-14,18-20,25,33H,9,15-17H2,1-5H3/t19-,20-,25-/m1/s1. The third-order valence-corrected chi connectivity index (χ3v) is 6.17. The Kier molecular flexibility index (Phi) is 9.05. The van der Waals surface area contributed by atoms with Crippen molar-refractivity contribution in [1.29, 1.82) is 0 Å². The number of carbonyl (C=O) groups is 2. The number of halogens is 1. The molecule has 0 radical (unpaired) electrons. The van der Waals surface area contributed by atoms with Crippen LogP contribution in [0.25, 0.3) is 0 Å². The number of likely N-dealkylation sites (N-methyl/N-ethyl adjacent to an activating group) is 1. The third kappa shape index (κ3) is 6.41. The molecule has 192 valence electrons. The van der Waals surface area contributed by atoms with Crippen molar-refractivity contribution in [2.24, 2.45) is 11.8 Å². The highest BCUT2D eigenvalue weighted by Crippen LogP contribution is 2.27. The molecule has 1 aromatic carbocycles. The highest BCUT2D eigenvalue weighted by Gasteiger charge is 2.35. The van der Waals surface area contributed by atoms with Crippen molar-refractivity contribution < 1.29 is 23.8 Å². The van der Waals surface area contributed by atoms with Crippen LogP contribution in [-0.4, -0.2) is 70.6 Å². The lowest BCUT2D eigenvalue weighted by Crippen LogP contribution is -2.50. The summed E-state index contributed by atoms with van der Waals surface area (Å²) < 4.78 is 20.4. The minimum absolute atomic E-state index is 0.0210. The molecule has 0 spiro atoms. The average Bonchev–Trinajstić information content (AvgIpc) is 2.85. The van der Waals surface area contributed by atoms with Crippen molar-refractivity contribution in [1.82, 2.24) is 14.8 Å². The largest absolute Gasteiger partial charge is 0.472 e. The Hall–Kier alpha value is -3.44. The Balaban J connectivity index is 1.94. The maximum Gasteiger partial charge on any atom is 0.259 e. The quantitative estimate of drug-likeness (QED) is 0.619. The number of carbonyl (C=O) groups excluding carboxylic acids is 2. The van der Waals surface area contributed by atoms with Gasteiger partial charge in [-0.15, -0.1) is 0 Å². The van der Waals surface area contributed by atoms with Crippen LogP contribution in [0.5, 0.6) is 5.88 Å². The molecule has 8 heteroatoms. The van der Waals surface area contributed by atoms with Crippen LogP contribution in [0.15, 0.2) is 36.5 Å². The molecular weight excluding hydrogens is 461 g/mol. The van der Waals surface area contributed by atoms with Gasteiger partial charge in [0.2, 0.25) is 5.88 Å². The smallest absolute Gasteiger partial charge is 0.259 e. The van der Waals surface area contributed by atoms with Gasteiger partial charge in [0.05, 0.1) is 24.8 Å². The van der Waals surface area contributed by atoms with Crippen LogP contribution in [-0.2, 0) is 0 Å². The SMILES string of the molecule is CC(C)CC#Cc1cnc2c(c1)C(=O)N([C@H](C)CO)C[C@@H](C)[C@@H](CN(C)C(=O)c1ccccc1F)O2. The lowest BCUT2D eigenvalue weighted by Gasteiger charge is -2.37. The molecule has 3 rings (SSSR count). The van der Waals surface area contributed by atoms with Gasteiger partial charge >= 0.3 is 0 Å². The van der Waals surface area contributed by atoms with Gasteiger partial charge < -0.3 is 19.6 Å². The molecule has 0 saturated carbocycles. The molecule has 1 aliphatic heterocycles. The summed E-state index contributed by atoms with van der Waals surface area (Å²) in [5.74, 6) is 5.16. The van der Waals surface area contributed by atoms with E-state index in [0.717, 1.165) is 6.42 Å². The van der Waals surface area contributed by atoms with Gasteiger partial charge in [0.25, 0.3) is 11.8 Å². The predicted molar refractivity (Wildman–Crippen MR) is 135 cm³/mol. The van der Waals surface area contributed by atoms with E-state index in [1.807, 2.05) is 6.92 Å². The Labute approximate surface area is 212 Å². The summed E-state index contributed by atoms with van der Waals surface area (Å²) in [4.78, 5) is 33.8. The molecule has 1 aromatic heterocycles. The van der Waals surface area contributed by atoms with E-state index in [1.165, 1.54) is 23.1 Å². The van der Waals surface area contributed by atoms with E-state index in [1.54, 1.807) is 37.2 Å². The number of nitrogens with zero attached hydrogens (tertiary/aromatic N) is 3. The molecule has 2 amide bonds. The first-order valence-electron chi connectivity index (χ1n) is 12.2. The van der Waals surface area contributed by atoms with E-state index >= 15 is 0 Å². The summed E-state index contributed by atoms with van der Waals surface area (Å²) in [7, 11) is 1.59. The van der Waals surface area contributed by atoms with E-state index in [9.17, 15) is 19.1 Å². The number of aromatic nitrogens is 1. The molecule has 0 aliphatic carbocycles. The summed E-state index contributed by atoms with van der Waals surface area (Å²) in [5.41, 5.74) is 0.832. The van der Waals surface area contributed by atoms with Gasteiger partial charge in [0.15, 0.2) is 0 Å². The first-order chi connectivity index (χ1) is 17.1. The second-order valence-corrected chi connectivity index (χ2v) is 9.76. The van der Waals surface area contributed by atoms with Crippen LogP contribution in [0.3, 0.4) is 0 Å². The minimum Gasteiger partial charge on any atom is -0.472 e. The molecule has 0 unspecified atom stereocenters. The Morgan fingerprint density at radius 2 is 2.06 bits per heavy atom. The Bertz CT molecular complexity index is 1160. The van der Waals surface area contributed by atoms with Gasteiger partial charge in [-0.25, -0.2) is 9.37 Å². The molecule has 1 aliphatic rings. The number of pyridine rings is 1. The fourth-order valence-electron chi connectivity index (χ4n) is 3.94. The summed E-state index contributed by atoms with van der Waals surface area (Å²) in [5, 5.41) is 9.81. The summed E-state index contributed by atoms with van der Waals surface area (Å²) in [6.45, 7) is 8.09. The summed E-state index contributed by atoms with van der Waals surface area (Å²) in [6.07, 6.45) is 1.75. The van der Waals surface area contributed by atoms with Gasteiger partial charge in [0, 0.05) is 37.7 Å². The van der Waals surface area contributed by atoms with Crippen molar-refractivity contribution in [2.75, 3.05) is 26.7 Å². The molecule has 0 bridgehead atoms. The minimum atomic E-state index is -0.590. The molecule has 0 fully saturated rings. The zero-order valence-corrected chi connectivity index (χ0v) is 21.5. The lowest BCUT2D eigenvalue weighted by atomic mass is 9.99. The highest BCUT2D eigenvalue weighted by atomic mass is 19.1. The average molecular weight is 496 g/mol. The van der Waals surface area contributed by atoms with Crippen LogP contribution in [0.1, 0.15) is 60.4 Å². The second kappa shape index (κ2) is 12.0. The number of fused-ring (bicyclic) bond motifs is 1. The normalized spacial score (nSPS) is 18.3. The molecular formula is C28H34FN3O4. The van der Waals surface area contributed by atoms with Gasteiger partial charge in [-0.2, -0.15) is 0 Å². The first-order valence-corrected chi connectivity index (χ1v) is 12.2. The molecule has 3 atom stereocenters. The van der Waals surface area contributed by atoms with Crippen LogP contribution >= 0.6 is 0 Å². The first kappa shape index (κ1) is 27.2. The van der Waals surface area contributed by atoms with Crippen LogP contribution in [0.2, 0.25) is 0 Å². The van der Waals surface area contributed by atoms with Crippen molar-refractivity contribution in [2.45, 2.75) is 46.3 Å². The number of rotatable bonds is 6. The zero-order valence-electron chi connectivity index (χ0n) is 21.5. The van der Waals surface area contributed by atoms with Gasteiger partial charge in [-0.1, -0.05) is 44.7 Å². The molecule has 2 heterocycles. The number of ether oxygens (including phenoxy) is 1. The second-order valence-electron chi connectivity index (χ2n) is 9.76. The maximum absolute atomic E-state index is 14.2. The molecule has 7 nitrogen and oxygen atoms in total. The summed E-state index contributed by atoms with van der Waals surface area (Å²) in [6, 6.07) is 7.07. The van der Waals surface area contributed by atoms with Crippen LogP contribution < -0.4 is 4.74 Å². The highest BCUT2D eigenvalue weighted by molar-refractivity contribution is 5.97. The third-order valence-electron chi connectivity index (χ3n) is 6.17. The van der Waals surface area contributed by atoms with Crippen molar-refractivity contribution >= 4 is 11.8 Å². The Morgan fingerprint density at radius 3 is 2.72 bits per heavy atom.